The highest BCUT2D eigenvalue weighted by atomic mass is 79.9. The van der Waals surface area contributed by atoms with Crippen molar-refractivity contribution in [2.45, 2.75) is 13.2 Å². The number of furan rings is 1. The smallest absolute Gasteiger partial charge is 0.171 e. The Kier molecular flexibility index (Phi) is 6.30. The van der Waals surface area contributed by atoms with Gasteiger partial charge in [0.25, 0.3) is 0 Å². The highest BCUT2D eigenvalue weighted by Gasteiger charge is 2.15. The summed E-state index contributed by atoms with van der Waals surface area (Å²) in [6.45, 7) is 0.927. The normalized spacial score (nSPS) is 10.4. The molecule has 4 nitrogen and oxygen atoms in total. The van der Waals surface area contributed by atoms with E-state index in [9.17, 15) is 0 Å². The number of nitrogens with one attached hydrogen (secondary N) is 1. The first-order valence-corrected chi connectivity index (χ1v) is 9.22. The lowest BCUT2D eigenvalue weighted by molar-refractivity contribution is 0.284. The first-order valence-electron chi connectivity index (χ1n) is 8.02. The van der Waals surface area contributed by atoms with Crippen molar-refractivity contribution in [3.63, 3.8) is 0 Å². The molecule has 0 aliphatic rings. The van der Waals surface area contributed by atoms with Crippen molar-refractivity contribution < 1.29 is 13.9 Å². The second-order valence-electron chi connectivity index (χ2n) is 5.51. The summed E-state index contributed by atoms with van der Waals surface area (Å²) in [4.78, 5) is 0.575. The van der Waals surface area contributed by atoms with Gasteiger partial charge in [-0.15, -0.1) is 0 Å². The van der Waals surface area contributed by atoms with Gasteiger partial charge in [-0.1, -0.05) is 46.3 Å². The lowest BCUT2D eigenvalue weighted by Crippen LogP contribution is -2.22. The topological polar surface area (TPSA) is 43.6 Å². The van der Waals surface area contributed by atoms with E-state index in [-0.39, 0.29) is 0 Å². The minimum absolute atomic E-state index is 0.418. The maximum absolute atomic E-state index is 6.05. The quantitative estimate of drug-likeness (QED) is 0.527. The third-order valence-electron chi connectivity index (χ3n) is 3.74. The summed E-state index contributed by atoms with van der Waals surface area (Å²) in [5, 5.41) is 3.19. The SMILES string of the molecule is COc1cccc(C(=S)NCc2ccco2)c1OCc1ccc(Br)cc1. The molecular weight excluding hydrogens is 414 g/mol. The van der Waals surface area contributed by atoms with Gasteiger partial charge in [0.2, 0.25) is 0 Å². The molecule has 1 heterocycles. The number of halogens is 1. The van der Waals surface area contributed by atoms with Gasteiger partial charge in [-0.05, 0) is 42.0 Å². The highest BCUT2D eigenvalue weighted by Crippen LogP contribution is 2.32. The average molecular weight is 432 g/mol. The van der Waals surface area contributed by atoms with Crippen LogP contribution in [-0.4, -0.2) is 12.1 Å². The molecule has 0 saturated carbocycles. The van der Waals surface area contributed by atoms with E-state index < -0.39 is 0 Å². The Labute approximate surface area is 166 Å². The van der Waals surface area contributed by atoms with Crippen LogP contribution in [0.4, 0.5) is 0 Å². The second kappa shape index (κ2) is 8.87. The number of rotatable bonds is 7. The fraction of sp³-hybridized carbons (Fsp3) is 0.150. The van der Waals surface area contributed by atoms with Gasteiger partial charge in [-0.2, -0.15) is 0 Å². The van der Waals surface area contributed by atoms with E-state index in [0.717, 1.165) is 21.4 Å². The second-order valence-corrected chi connectivity index (χ2v) is 6.84. The van der Waals surface area contributed by atoms with Crippen LogP contribution in [0.25, 0.3) is 0 Å². The summed E-state index contributed by atoms with van der Waals surface area (Å²) in [6.07, 6.45) is 1.64. The first-order chi connectivity index (χ1) is 12.7. The molecule has 6 heteroatoms. The third-order valence-corrected chi connectivity index (χ3v) is 4.64. The van der Waals surface area contributed by atoms with E-state index in [1.54, 1.807) is 13.4 Å². The maximum atomic E-state index is 6.05. The van der Waals surface area contributed by atoms with Crippen LogP contribution >= 0.6 is 28.1 Å². The Bertz CT molecular complexity index is 863. The summed E-state index contributed by atoms with van der Waals surface area (Å²) < 4.78 is 17.9. The summed E-state index contributed by atoms with van der Waals surface area (Å²) in [7, 11) is 1.62. The molecule has 3 aromatic rings. The van der Waals surface area contributed by atoms with Crippen LogP contribution in [0.1, 0.15) is 16.9 Å². The minimum Gasteiger partial charge on any atom is -0.493 e. The van der Waals surface area contributed by atoms with Crippen LogP contribution in [0.15, 0.2) is 69.8 Å². The van der Waals surface area contributed by atoms with E-state index in [0.29, 0.717) is 29.6 Å². The molecule has 0 bridgehead atoms. The Morgan fingerprint density at radius 1 is 1.12 bits per heavy atom. The van der Waals surface area contributed by atoms with Crippen molar-refractivity contribution in [1.82, 2.24) is 5.32 Å². The van der Waals surface area contributed by atoms with Crippen LogP contribution in [0.5, 0.6) is 11.5 Å². The number of benzene rings is 2. The molecule has 3 rings (SSSR count). The van der Waals surface area contributed by atoms with Crippen LogP contribution in [0, 0.1) is 0 Å². The molecule has 0 aliphatic carbocycles. The van der Waals surface area contributed by atoms with Crippen molar-refractivity contribution >= 4 is 33.1 Å². The van der Waals surface area contributed by atoms with E-state index in [2.05, 4.69) is 21.2 Å². The monoisotopic (exact) mass is 431 g/mol. The average Bonchev–Trinajstić information content (AvgIpc) is 3.19. The number of methoxy groups -OCH3 is 1. The number of thiocarbonyl (C=S) groups is 1. The molecule has 0 atom stereocenters. The molecule has 0 spiro atoms. The number of para-hydroxylation sites is 1. The van der Waals surface area contributed by atoms with E-state index in [4.69, 9.17) is 26.1 Å². The molecule has 0 amide bonds. The summed E-state index contributed by atoms with van der Waals surface area (Å²) in [5.74, 6) is 2.07. The van der Waals surface area contributed by atoms with Gasteiger partial charge in [0.15, 0.2) is 11.5 Å². The Morgan fingerprint density at radius 2 is 1.92 bits per heavy atom. The molecule has 1 aromatic heterocycles. The Balaban J connectivity index is 1.76. The predicted molar refractivity (Wildman–Crippen MR) is 109 cm³/mol. The zero-order chi connectivity index (χ0) is 18.4. The molecule has 0 unspecified atom stereocenters. The van der Waals surface area contributed by atoms with Crippen molar-refractivity contribution in [3.8, 4) is 11.5 Å². The van der Waals surface area contributed by atoms with Crippen LogP contribution in [0.3, 0.4) is 0 Å². The summed E-state index contributed by atoms with van der Waals surface area (Å²) in [6, 6.07) is 17.4. The van der Waals surface area contributed by atoms with Crippen molar-refractivity contribution in [2.24, 2.45) is 0 Å². The molecule has 2 aromatic carbocycles. The highest BCUT2D eigenvalue weighted by molar-refractivity contribution is 9.10. The fourth-order valence-corrected chi connectivity index (χ4v) is 2.91. The van der Waals surface area contributed by atoms with E-state index in [1.165, 1.54) is 0 Å². The molecule has 26 heavy (non-hydrogen) atoms. The van der Waals surface area contributed by atoms with Gasteiger partial charge >= 0.3 is 0 Å². The summed E-state index contributed by atoms with van der Waals surface area (Å²) in [5.41, 5.74) is 1.84. The molecule has 1 N–H and O–H groups in total. The summed E-state index contributed by atoms with van der Waals surface area (Å²) >= 11 is 8.98. The number of hydrogen-bond acceptors (Lipinski definition) is 4. The van der Waals surface area contributed by atoms with Crippen molar-refractivity contribution in [2.75, 3.05) is 7.11 Å². The number of ether oxygens (including phenoxy) is 2. The van der Waals surface area contributed by atoms with Gasteiger partial charge in [0.05, 0.1) is 25.5 Å². The lowest BCUT2D eigenvalue weighted by Gasteiger charge is -2.16. The van der Waals surface area contributed by atoms with Gasteiger partial charge in [-0.3, -0.25) is 0 Å². The molecule has 0 radical (unpaired) electrons. The predicted octanol–water partition coefficient (Wildman–Crippen LogP) is 5.10. The van der Waals surface area contributed by atoms with Gasteiger partial charge < -0.3 is 19.2 Å². The molecule has 134 valence electrons. The molecule has 0 aliphatic heterocycles. The van der Waals surface area contributed by atoms with Gasteiger partial charge in [-0.25, -0.2) is 0 Å². The largest absolute Gasteiger partial charge is 0.493 e. The number of hydrogen-bond donors (Lipinski definition) is 1. The third kappa shape index (κ3) is 4.65. The maximum Gasteiger partial charge on any atom is 0.171 e. The molecule has 0 fully saturated rings. The Hall–Kier alpha value is -2.31. The van der Waals surface area contributed by atoms with E-state index >= 15 is 0 Å². The van der Waals surface area contributed by atoms with E-state index in [1.807, 2.05) is 54.6 Å². The fourth-order valence-electron chi connectivity index (χ4n) is 2.42. The van der Waals surface area contributed by atoms with Gasteiger partial charge in [0, 0.05) is 4.47 Å². The molecule has 0 saturated heterocycles. The minimum atomic E-state index is 0.418. The van der Waals surface area contributed by atoms with Crippen LogP contribution < -0.4 is 14.8 Å². The Morgan fingerprint density at radius 3 is 2.62 bits per heavy atom. The van der Waals surface area contributed by atoms with Crippen LogP contribution in [0.2, 0.25) is 0 Å². The standard InChI is InChI=1S/C20H18BrNO3S/c1-23-18-6-2-5-17(20(26)22-12-16-4-3-11-24-16)19(18)25-13-14-7-9-15(21)10-8-14/h2-11H,12-13H2,1H3,(H,22,26). The van der Waals surface area contributed by atoms with Crippen LogP contribution in [-0.2, 0) is 13.2 Å². The zero-order valence-corrected chi connectivity index (χ0v) is 16.6. The first kappa shape index (κ1) is 18.5. The zero-order valence-electron chi connectivity index (χ0n) is 14.2. The van der Waals surface area contributed by atoms with Crippen molar-refractivity contribution in [3.05, 3.63) is 82.2 Å². The van der Waals surface area contributed by atoms with Crippen molar-refractivity contribution in [1.29, 1.82) is 0 Å². The lowest BCUT2D eigenvalue weighted by atomic mass is 10.1. The van der Waals surface area contributed by atoms with Gasteiger partial charge in [0.1, 0.15) is 17.4 Å². The molecular formula is C20H18BrNO3S.